The molecule has 1 aliphatic heterocycles. The normalized spacial score (nSPS) is 20.2. The fourth-order valence-electron chi connectivity index (χ4n) is 4.18. The van der Waals surface area contributed by atoms with Crippen LogP contribution < -0.4 is 0 Å². The summed E-state index contributed by atoms with van der Waals surface area (Å²) in [5.74, 6) is 0.939. The summed E-state index contributed by atoms with van der Waals surface area (Å²) in [6.07, 6.45) is 4.61. The van der Waals surface area contributed by atoms with Crippen LogP contribution in [0.2, 0.25) is 5.15 Å². The van der Waals surface area contributed by atoms with E-state index in [9.17, 15) is 0 Å². The van der Waals surface area contributed by atoms with Gasteiger partial charge in [-0.3, -0.25) is 4.68 Å². The molecular weight excluding hydrogens is 376 g/mol. The zero-order chi connectivity index (χ0) is 19.3. The molecule has 0 amide bonds. The lowest BCUT2D eigenvalue weighted by atomic mass is 10.0. The maximum absolute atomic E-state index is 6.55. The number of aryl methyl sites for hydroxylation is 1. The van der Waals surface area contributed by atoms with Gasteiger partial charge in [0.15, 0.2) is 5.15 Å². The summed E-state index contributed by atoms with van der Waals surface area (Å²) in [5, 5.41) is 9.82. The maximum atomic E-state index is 6.55. The number of hydrogen-bond donors (Lipinski definition) is 0. The number of nitrogens with zero attached hydrogens (tertiary/aromatic N) is 6. The van der Waals surface area contributed by atoms with Gasteiger partial charge in [0.1, 0.15) is 11.3 Å². The second-order valence-corrected chi connectivity index (χ2v) is 7.79. The van der Waals surface area contributed by atoms with E-state index in [2.05, 4.69) is 32.9 Å². The largest absolute Gasteiger partial charge is 0.378 e. The average Bonchev–Trinajstić information content (AvgIpc) is 3.26. The highest BCUT2D eigenvalue weighted by Gasteiger charge is 2.27. The third kappa shape index (κ3) is 2.95. The zero-order valence-corrected chi connectivity index (χ0v) is 16.6. The number of fused-ring (bicyclic) bond motifs is 3. The van der Waals surface area contributed by atoms with E-state index in [4.69, 9.17) is 21.3 Å². The van der Waals surface area contributed by atoms with E-state index >= 15 is 0 Å². The van der Waals surface area contributed by atoms with Gasteiger partial charge in [-0.1, -0.05) is 35.0 Å². The van der Waals surface area contributed by atoms with Gasteiger partial charge in [-0.2, -0.15) is 0 Å². The lowest BCUT2D eigenvalue weighted by Crippen LogP contribution is -2.26. The first-order chi connectivity index (χ1) is 13.6. The minimum atomic E-state index is 0.212. The molecule has 8 heteroatoms. The fourth-order valence-corrected chi connectivity index (χ4v) is 4.40. The Balaban J connectivity index is 1.76. The SMILES string of the molecule is C[C@@H]1C[C@H](n2c(Cc3cn(C)nn3)nc3c(Cl)nc4ccccc4c32)CCO1. The van der Waals surface area contributed by atoms with E-state index in [1.54, 1.807) is 4.68 Å². The van der Waals surface area contributed by atoms with Crippen LogP contribution in [0.5, 0.6) is 0 Å². The number of pyridine rings is 1. The average molecular weight is 397 g/mol. The molecule has 0 saturated carbocycles. The Hall–Kier alpha value is -2.51. The fraction of sp³-hybridized carbons (Fsp3) is 0.400. The predicted octanol–water partition coefficient (Wildman–Crippen LogP) is 3.70. The van der Waals surface area contributed by atoms with Crippen molar-refractivity contribution in [1.82, 2.24) is 29.5 Å². The van der Waals surface area contributed by atoms with E-state index in [0.29, 0.717) is 17.6 Å². The second kappa shape index (κ2) is 6.83. The van der Waals surface area contributed by atoms with Crippen molar-refractivity contribution in [3.8, 4) is 0 Å². The van der Waals surface area contributed by atoms with Crippen molar-refractivity contribution in [2.75, 3.05) is 6.61 Å². The summed E-state index contributed by atoms with van der Waals surface area (Å²) in [6, 6.07) is 8.39. The summed E-state index contributed by atoms with van der Waals surface area (Å²) in [6.45, 7) is 2.87. The van der Waals surface area contributed by atoms with E-state index in [0.717, 1.165) is 52.9 Å². The first-order valence-electron chi connectivity index (χ1n) is 9.52. The van der Waals surface area contributed by atoms with Crippen molar-refractivity contribution in [2.24, 2.45) is 7.05 Å². The molecule has 3 aromatic heterocycles. The lowest BCUT2D eigenvalue weighted by molar-refractivity contribution is 0.00631. The lowest BCUT2D eigenvalue weighted by Gasteiger charge is -2.30. The monoisotopic (exact) mass is 396 g/mol. The molecule has 144 valence electrons. The molecule has 4 heterocycles. The van der Waals surface area contributed by atoms with Gasteiger partial charge in [-0.25, -0.2) is 9.97 Å². The Morgan fingerprint density at radius 1 is 1.25 bits per heavy atom. The van der Waals surface area contributed by atoms with Crippen LogP contribution >= 0.6 is 11.6 Å². The van der Waals surface area contributed by atoms with Crippen molar-refractivity contribution in [2.45, 2.75) is 38.3 Å². The molecule has 1 fully saturated rings. The number of imidazole rings is 1. The van der Waals surface area contributed by atoms with Crippen molar-refractivity contribution in [1.29, 1.82) is 0 Å². The quantitative estimate of drug-likeness (QED) is 0.494. The third-order valence-electron chi connectivity index (χ3n) is 5.37. The van der Waals surface area contributed by atoms with Crippen molar-refractivity contribution in [3.05, 3.63) is 47.1 Å². The third-order valence-corrected chi connectivity index (χ3v) is 5.63. The highest BCUT2D eigenvalue weighted by molar-refractivity contribution is 6.35. The highest BCUT2D eigenvalue weighted by atomic mass is 35.5. The van der Waals surface area contributed by atoms with Crippen LogP contribution in [0.25, 0.3) is 21.9 Å². The van der Waals surface area contributed by atoms with E-state index in [1.807, 2.05) is 31.4 Å². The van der Waals surface area contributed by atoms with Crippen LogP contribution in [0.4, 0.5) is 0 Å². The Morgan fingerprint density at radius 2 is 2.11 bits per heavy atom. The summed E-state index contributed by atoms with van der Waals surface area (Å²) in [4.78, 5) is 9.48. The van der Waals surface area contributed by atoms with Crippen LogP contribution in [-0.4, -0.2) is 42.2 Å². The molecule has 0 unspecified atom stereocenters. The van der Waals surface area contributed by atoms with Gasteiger partial charge in [0, 0.05) is 31.3 Å². The van der Waals surface area contributed by atoms with Gasteiger partial charge in [-0.15, -0.1) is 5.10 Å². The molecular formula is C20H21ClN6O. The van der Waals surface area contributed by atoms with E-state index in [-0.39, 0.29) is 6.10 Å². The van der Waals surface area contributed by atoms with E-state index in [1.165, 1.54) is 0 Å². The summed E-state index contributed by atoms with van der Waals surface area (Å²) >= 11 is 6.55. The summed E-state index contributed by atoms with van der Waals surface area (Å²) < 4.78 is 9.85. The molecule has 0 bridgehead atoms. The van der Waals surface area contributed by atoms with Crippen molar-refractivity contribution in [3.63, 3.8) is 0 Å². The number of aromatic nitrogens is 6. The van der Waals surface area contributed by atoms with Crippen molar-refractivity contribution < 1.29 is 4.74 Å². The van der Waals surface area contributed by atoms with Crippen LogP contribution in [0.15, 0.2) is 30.5 Å². The van der Waals surface area contributed by atoms with Gasteiger partial charge in [0.05, 0.1) is 29.3 Å². The number of ether oxygens (including phenoxy) is 1. The minimum absolute atomic E-state index is 0.212. The zero-order valence-electron chi connectivity index (χ0n) is 15.8. The topological polar surface area (TPSA) is 70.7 Å². The summed E-state index contributed by atoms with van der Waals surface area (Å²) in [5.41, 5.74) is 3.56. The minimum Gasteiger partial charge on any atom is -0.378 e. The number of rotatable bonds is 3. The van der Waals surface area contributed by atoms with Gasteiger partial charge in [0.25, 0.3) is 0 Å². The molecule has 0 aliphatic carbocycles. The molecule has 2 atom stereocenters. The predicted molar refractivity (Wildman–Crippen MR) is 108 cm³/mol. The van der Waals surface area contributed by atoms with E-state index < -0.39 is 0 Å². The molecule has 5 rings (SSSR count). The van der Waals surface area contributed by atoms with Gasteiger partial charge < -0.3 is 9.30 Å². The van der Waals surface area contributed by atoms with Crippen LogP contribution in [-0.2, 0) is 18.2 Å². The Bertz CT molecular complexity index is 1170. The first kappa shape index (κ1) is 17.6. The molecule has 1 saturated heterocycles. The van der Waals surface area contributed by atoms with Crippen LogP contribution in [0.1, 0.15) is 37.3 Å². The number of benzene rings is 1. The molecule has 0 N–H and O–H groups in total. The molecule has 1 aliphatic rings. The molecule has 0 radical (unpaired) electrons. The second-order valence-electron chi connectivity index (χ2n) is 7.43. The standard InChI is InChI=1S/C20H21ClN6O/c1-12-9-14(7-8-28-12)27-17(10-13-11-26(2)25-24-13)23-18-19(27)15-5-3-4-6-16(15)22-20(18)21/h3-6,11-12,14H,7-10H2,1-2H3/t12-,14-/m1/s1. The van der Waals surface area contributed by atoms with Gasteiger partial charge in [0.2, 0.25) is 0 Å². The van der Waals surface area contributed by atoms with Crippen LogP contribution in [0.3, 0.4) is 0 Å². The number of para-hydroxylation sites is 1. The molecule has 4 aromatic rings. The number of halogens is 1. The van der Waals surface area contributed by atoms with Gasteiger partial charge in [-0.05, 0) is 25.8 Å². The summed E-state index contributed by atoms with van der Waals surface area (Å²) in [7, 11) is 1.87. The maximum Gasteiger partial charge on any atom is 0.157 e. The smallest absolute Gasteiger partial charge is 0.157 e. The van der Waals surface area contributed by atoms with Crippen molar-refractivity contribution >= 4 is 33.5 Å². The first-order valence-corrected chi connectivity index (χ1v) is 9.90. The Kier molecular flexibility index (Phi) is 4.29. The molecule has 1 aromatic carbocycles. The van der Waals surface area contributed by atoms with Crippen LogP contribution in [0, 0.1) is 0 Å². The number of hydrogen-bond acceptors (Lipinski definition) is 5. The Labute approximate surface area is 167 Å². The highest BCUT2D eigenvalue weighted by Crippen LogP contribution is 2.36. The molecule has 0 spiro atoms. The van der Waals surface area contributed by atoms with Gasteiger partial charge >= 0.3 is 0 Å². The molecule has 7 nitrogen and oxygen atoms in total. The molecule has 28 heavy (non-hydrogen) atoms. The Morgan fingerprint density at radius 3 is 2.89 bits per heavy atom.